The number of amides is 1. The summed E-state index contributed by atoms with van der Waals surface area (Å²) in [6, 6.07) is 4.98. The Bertz CT molecular complexity index is 727. The molecular weight excluding hydrogens is 374 g/mol. The van der Waals surface area contributed by atoms with Crippen molar-refractivity contribution in [3.63, 3.8) is 0 Å². The van der Waals surface area contributed by atoms with Crippen molar-refractivity contribution in [1.29, 1.82) is 0 Å². The molecule has 1 aromatic carbocycles. The maximum absolute atomic E-state index is 12.8. The first-order valence-electron chi connectivity index (χ1n) is 8.95. The molecule has 0 aliphatic heterocycles. The molecule has 1 fully saturated rings. The number of benzene rings is 1. The minimum absolute atomic E-state index is 0. The van der Waals surface area contributed by atoms with Crippen molar-refractivity contribution in [2.75, 3.05) is 18.4 Å². The number of aryl methyl sites for hydroxylation is 1. The summed E-state index contributed by atoms with van der Waals surface area (Å²) in [5, 5.41) is 2.82. The molecular formula is C18H30ClN3O3S. The van der Waals surface area contributed by atoms with Gasteiger partial charge in [0.05, 0.1) is 10.4 Å². The van der Waals surface area contributed by atoms with Gasteiger partial charge in [0.25, 0.3) is 0 Å². The largest absolute Gasteiger partial charge is 0.324 e. The number of rotatable bonds is 6. The second-order valence-corrected chi connectivity index (χ2v) is 8.65. The summed E-state index contributed by atoms with van der Waals surface area (Å²) in [5.41, 5.74) is 6.52. The zero-order valence-corrected chi connectivity index (χ0v) is 17.4. The molecule has 1 aliphatic carbocycles. The Balaban J connectivity index is 0.00000338. The van der Waals surface area contributed by atoms with Crippen molar-refractivity contribution < 1.29 is 13.2 Å². The van der Waals surface area contributed by atoms with Gasteiger partial charge in [0.2, 0.25) is 15.9 Å². The van der Waals surface area contributed by atoms with Gasteiger partial charge in [0.1, 0.15) is 0 Å². The Labute approximate surface area is 163 Å². The Morgan fingerprint density at radius 2 is 1.77 bits per heavy atom. The van der Waals surface area contributed by atoms with Crippen LogP contribution in [0.5, 0.6) is 0 Å². The first kappa shape index (κ1) is 22.9. The molecule has 0 unspecified atom stereocenters. The third-order valence-corrected chi connectivity index (χ3v) is 7.16. The van der Waals surface area contributed by atoms with Gasteiger partial charge in [-0.05, 0) is 37.5 Å². The van der Waals surface area contributed by atoms with Gasteiger partial charge >= 0.3 is 0 Å². The van der Waals surface area contributed by atoms with Crippen LogP contribution in [0.1, 0.15) is 51.5 Å². The number of carbonyl (C=O) groups is 1. The van der Waals surface area contributed by atoms with Gasteiger partial charge < -0.3 is 11.1 Å². The van der Waals surface area contributed by atoms with Gasteiger partial charge in [-0.15, -0.1) is 12.4 Å². The lowest BCUT2D eigenvalue weighted by Gasteiger charge is -2.31. The van der Waals surface area contributed by atoms with Crippen LogP contribution in [0.15, 0.2) is 23.1 Å². The van der Waals surface area contributed by atoms with Crippen LogP contribution in [0.4, 0.5) is 5.69 Å². The first-order chi connectivity index (χ1) is 11.7. The van der Waals surface area contributed by atoms with Gasteiger partial charge in [-0.3, -0.25) is 4.79 Å². The average Bonchev–Trinajstić information content (AvgIpc) is 2.58. The molecule has 0 bridgehead atoms. The van der Waals surface area contributed by atoms with Gasteiger partial charge in [0, 0.05) is 18.8 Å². The van der Waals surface area contributed by atoms with E-state index in [0.29, 0.717) is 37.2 Å². The van der Waals surface area contributed by atoms with Crippen molar-refractivity contribution in [1.82, 2.24) is 4.31 Å². The van der Waals surface area contributed by atoms with Crippen molar-refractivity contribution in [2.24, 2.45) is 5.73 Å². The minimum Gasteiger partial charge on any atom is -0.324 e. The third kappa shape index (κ3) is 4.76. The lowest BCUT2D eigenvalue weighted by molar-refractivity contribution is -0.122. The number of nitrogens with one attached hydrogen (secondary N) is 1. The molecule has 0 radical (unpaired) electrons. The topological polar surface area (TPSA) is 92.5 Å². The second kappa shape index (κ2) is 9.17. The number of nitrogens with two attached hydrogens (primary N) is 1. The summed E-state index contributed by atoms with van der Waals surface area (Å²) in [5.74, 6) is -0.234. The molecule has 0 saturated heterocycles. The first-order valence-corrected chi connectivity index (χ1v) is 10.4. The fourth-order valence-corrected chi connectivity index (χ4v) is 5.03. The maximum atomic E-state index is 12.8. The Morgan fingerprint density at radius 1 is 1.19 bits per heavy atom. The molecule has 1 saturated carbocycles. The van der Waals surface area contributed by atoms with Crippen molar-refractivity contribution in [3.8, 4) is 0 Å². The van der Waals surface area contributed by atoms with E-state index in [-0.39, 0.29) is 23.2 Å². The summed E-state index contributed by atoms with van der Waals surface area (Å²) < 4.78 is 27.0. The van der Waals surface area contributed by atoms with E-state index in [9.17, 15) is 13.2 Å². The number of nitrogens with zero attached hydrogens (tertiary/aromatic N) is 1. The molecule has 3 N–H and O–H groups in total. The molecule has 148 valence electrons. The number of carbonyl (C=O) groups excluding carboxylic acids is 1. The SMILES string of the molecule is CCN(CC)S(=O)(=O)c1cc(NC(=O)C2(N)CCCCC2)ccc1C.Cl. The quantitative estimate of drug-likeness (QED) is 0.763. The predicted molar refractivity (Wildman–Crippen MR) is 107 cm³/mol. The summed E-state index contributed by atoms with van der Waals surface area (Å²) >= 11 is 0. The second-order valence-electron chi connectivity index (χ2n) is 6.74. The molecule has 1 aliphatic rings. The standard InChI is InChI=1S/C18H29N3O3S.ClH/c1-4-21(5-2)25(23,24)16-13-15(10-9-14(16)3)20-17(22)18(19)11-7-6-8-12-18;/h9-10,13H,4-8,11-12,19H2,1-3H3,(H,20,22);1H. The van der Waals surface area contributed by atoms with Crippen LogP contribution in [0.25, 0.3) is 0 Å². The number of halogens is 1. The highest BCUT2D eigenvalue weighted by molar-refractivity contribution is 7.89. The summed E-state index contributed by atoms with van der Waals surface area (Å²) in [6.45, 7) is 6.18. The van der Waals surface area contributed by atoms with Crippen LogP contribution in [0, 0.1) is 6.92 Å². The molecule has 0 heterocycles. The van der Waals surface area contributed by atoms with Crippen LogP contribution >= 0.6 is 12.4 Å². The number of anilines is 1. The summed E-state index contributed by atoms with van der Waals surface area (Å²) in [4.78, 5) is 12.8. The number of hydrogen-bond acceptors (Lipinski definition) is 4. The molecule has 1 aromatic rings. The average molecular weight is 404 g/mol. The normalized spacial score (nSPS) is 16.8. The third-order valence-electron chi connectivity index (χ3n) is 4.97. The Morgan fingerprint density at radius 3 is 2.31 bits per heavy atom. The highest BCUT2D eigenvalue weighted by Crippen LogP contribution is 2.28. The molecule has 0 spiro atoms. The van der Waals surface area contributed by atoms with Gasteiger partial charge in [-0.1, -0.05) is 39.2 Å². The van der Waals surface area contributed by atoms with E-state index < -0.39 is 15.6 Å². The molecule has 0 aromatic heterocycles. The van der Waals surface area contributed by atoms with Crippen LogP contribution in [0.3, 0.4) is 0 Å². The van der Waals surface area contributed by atoms with Crippen molar-refractivity contribution in [3.05, 3.63) is 23.8 Å². The van der Waals surface area contributed by atoms with Gasteiger partial charge in [0.15, 0.2) is 0 Å². The smallest absolute Gasteiger partial charge is 0.244 e. The monoisotopic (exact) mass is 403 g/mol. The summed E-state index contributed by atoms with van der Waals surface area (Å²) in [7, 11) is -3.58. The van der Waals surface area contributed by atoms with E-state index in [4.69, 9.17) is 5.73 Å². The number of sulfonamides is 1. The van der Waals surface area contributed by atoms with E-state index in [1.165, 1.54) is 10.4 Å². The lowest BCUT2D eigenvalue weighted by atomic mass is 9.82. The highest BCUT2D eigenvalue weighted by atomic mass is 35.5. The number of hydrogen-bond donors (Lipinski definition) is 2. The fraction of sp³-hybridized carbons (Fsp3) is 0.611. The van der Waals surface area contributed by atoms with Crippen molar-refractivity contribution >= 4 is 34.0 Å². The van der Waals surface area contributed by atoms with Crippen molar-refractivity contribution in [2.45, 2.75) is 63.3 Å². The Hall–Kier alpha value is -1.15. The highest BCUT2D eigenvalue weighted by Gasteiger charge is 2.35. The molecule has 8 heteroatoms. The van der Waals surface area contributed by atoms with Crippen LogP contribution in [-0.2, 0) is 14.8 Å². The molecule has 2 rings (SSSR count). The van der Waals surface area contributed by atoms with Gasteiger partial charge in [-0.25, -0.2) is 8.42 Å². The van der Waals surface area contributed by atoms with E-state index in [1.807, 2.05) is 13.8 Å². The van der Waals surface area contributed by atoms with Gasteiger partial charge in [-0.2, -0.15) is 4.31 Å². The van der Waals surface area contributed by atoms with E-state index in [1.54, 1.807) is 19.1 Å². The molecule has 0 atom stereocenters. The lowest BCUT2D eigenvalue weighted by Crippen LogP contribution is -2.52. The minimum atomic E-state index is -3.58. The Kier molecular flexibility index (Phi) is 8.07. The van der Waals surface area contributed by atoms with E-state index >= 15 is 0 Å². The van der Waals surface area contributed by atoms with Crippen LogP contribution < -0.4 is 11.1 Å². The zero-order chi connectivity index (χ0) is 18.7. The maximum Gasteiger partial charge on any atom is 0.244 e. The van der Waals surface area contributed by atoms with E-state index in [2.05, 4.69) is 5.32 Å². The molecule has 6 nitrogen and oxygen atoms in total. The van der Waals surface area contributed by atoms with Crippen LogP contribution in [0.2, 0.25) is 0 Å². The zero-order valence-electron chi connectivity index (χ0n) is 15.7. The summed E-state index contributed by atoms with van der Waals surface area (Å²) in [6.07, 6.45) is 4.31. The van der Waals surface area contributed by atoms with Crippen LogP contribution in [-0.4, -0.2) is 37.3 Å². The predicted octanol–water partition coefficient (Wildman–Crippen LogP) is 3.05. The molecule has 26 heavy (non-hydrogen) atoms. The van der Waals surface area contributed by atoms with E-state index in [0.717, 1.165) is 19.3 Å². The fourth-order valence-electron chi connectivity index (χ4n) is 3.32. The molecule has 1 amide bonds.